The van der Waals surface area contributed by atoms with Gasteiger partial charge in [0, 0.05) is 20.7 Å². The fourth-order valence-corrected chi connectivity index (χ4v) is 1.87. The Morgan fingerprint density at radius 1 is 1.50 bits per heavy atom. The number of aromatic nitrogens is 1. The topological polar surface area (TPSA) is 53.1 Å². The van der Waals surface area contributed by atoms with E-state index in [-0.39, 0.29) is 5.56 Å². The number of halogens is 2. The van der Waals surface area contributed by atoms with E-state index >= 15 is 0 Å². The van der Waals surface area contributed by atoms with E-state index in [1.807, 2.05) is 0 Å². The molecular formula is C9H5FINO2. The molecule has 0 aliphatic rings. The summed E-state index contributed by atoms with van der Waals surface area (Å²) in [7, 11) is 0. The van der Waals surface area contributed by atoms with Crippen LogP contribution >= 0.6 is 22.6 Å². The molecule has 0 atom stereocenters. The van der Waals surface area contributed by atoms with E-state index in [0.717, 1.165) is 8.96 Å². The molecule has 0 saturated heterocycles. The second-order valence-corrected chi connectivity index (χ2v) is 3.98. The average Bonchev–Trinajstić information content (AvgIpc) is 2.46. The molecule has 1 aromatic heterocycles. The van der Waals surface area contributed by atoms with Crippen LogP contribution in [0.4, 0.5) is 4.39 Å². The standard InChI is InChI=1S/C9H5FINO2/c10-6-2-8-5(7(11)3-12-8)1-4(6)9(13)14/h1-3,12H,(H,13,14). The molecule has 1 aromatic carbocycles. The molecule has 0 amide bonds. The number of benzene rings is 1. The summed E-state index contributed by atoms with van der Waals surface area (Å²) in [5.74, 6) is -1.97. The minimum atomic E-state index is -1.25. The van der Waals surface area contributed by atoms with Gasteiger partial charge in [-0.25, -0.2) is 9.18 Å². The zero-order chi connectivity index (χ0) is 10.3. The highest BCUT2D eigenvalue weighted by Gasteiger charge is 2.13. The van der Waals surface area contributed by atoms with Crippen LogP contribution in [0.25, 0.3) is 10.9 Å². The molecule has 0 radical (unpaired) electrons. The summed E-state index contributed by atoms with van der Waals surface area (Å²) in [4.78, 5) is 13.5. The smallest absolute Gasteiger partial charge is 0.338 e. The van der Waals surface area contributed by atoms with Gasteiger partial charge in [-0.05, 0) is 34.7 Å². The van der Waals surface area contributed by atoms with Crippen molar-refractivity contribution in [3.63, 3.8) is 0 Å². The molecule has 5 heteroatoms. The number of hydrogen-bond donors (Lipinski definition) is 2. The fourth-order valence-electron chi connectivity index (χ4n) is 1.27. The first-order valence-electron chi connectivity index (χ1n) is 3.79. The van der Waals surface area contributed by atoms with Crippen LogP contribution in [0.1, 0.15) is 10.4 Å². The lowest BCUT2D eigenvalue weighted by molar-refractivity contribution is 0.0692. The van der Waals surface area contributed by atoms with Gasteiger partial charge in [-0.1, -0.05) is 0 Å². The minimum Gasteiger partial charge on any atom is -0.478 e. The van der Waals surface area contributed by atoms with Crippen LogP contribution in [-0.4, -0.2) is 16.1 Å². The molecular weight excluding hydrogens is 300 g/mol. The lowest BCUT2D eigenvalue weighted by Crippen LogP contribution is -1.99. The van der Waals surface area contributed by atoms with Crippen molar-refractivity contribution in [3.8, 4) is 0 Å². The zero-order valence-electron chi connectivity index (χ0n) is 6.84. The van der Waals surface area contributed by atoms with E-state index < -0.39 is 11.8 Å². The number of rotatable bonds is 1. The summed E-state index contributed by atoms with van der Waals surface area (Å²) in [5.41, 5.74) is 0.312. The Kier molecular flexibility index (Phi) is 2.18. The Bertz CT molecular complexity index is 521. The van der Waals surface area contributed by atoms with Crippen molar-refractivity contribution in [3.05, 3.63) is 33.3 Å². The number of hydrogen-bond acceptors (Lipinski definition) is 1. The Hall–Kier alpha value is -1.11. The van der Waals surface area contributed by atoms with Gasteiger partial charge in [-0.3, -0.25) is 0 Å². The van der Waals surface area contributed by atoms with Gasteiger partial charge in [0.25, 0.3) is 0 Å². The van der Waals surface area contributed by atoms with Crippen molar-refractivity contribution >= 4 is 39.5 Å². The Morgan fingerprint density at radius 2 is 2.21 bits per heavy atom. The first-order chi connectivity index (χ1) is 6.59. The van der Waals surface area contributed by atoms with Gasteiger partial charge in [-0.15, -0.1) is 0 Å². The number of carboxylic acid groups (broad SMARTS) is 1. The zero-order valence-corrected chi connectivity index (χ0v) is 9.00. The molecule has 0 unspecified atom stereocenters. The summed E-state index contributed by atoms with van der Waals surface area (Å²) >= 11 is 2.06. The number of H-pyrrole nitrogens is 1. The van der Waals surface area contributed by atoms with Crippen molar-refractivity contribution in [1.82, 2.24) is 4.98 Å². The predicted molar refractivity (Wildman–Crippen MR) is 57.9 cm³/mol. The summed E-state index contributed by atoms with van der Waals surface area (Å²) in [5, 5.41) is 9.43. The van der Waals surface area contributed by atoms with Crippen molar-refractivity contribution in [2.75, 3.05) is 0 Å². The van der Waals surface area contributed by atoms with Gasteiger partial charge in [0.15, 0.2) is 0 Å². The van der Waals surface area contributed by atoms with E-state index in [1.54, 1.807) is 6.20 Å². The number of carbonyl (C=O) groups is 1. The molecule has 14 heavy (non-hydrogen) atoms. The first kappa shape index (κ1) is 9.45. The van der Waals surface area contributed by atoms with E-state index in [2.05, 4.69) is 27.6 Å². The maximum Gasteiger partial charge on any atom is 0.338 e. The first-order valence-corrected chi connectivity index (χ1v) is 4.87. The number of carboxylic acids is 1. The van der Waals surface area contributed by atoms with E-state index in [1.165, 1.54) is 12.1 Å². The van der Waals surface area contributed by atoms with Crippen LogP contribution in [-0.2, 0) is 0 Å². The molecule has 0 aliphatic heterocycles. The van der Waals surface area contributed by atoms with Crippen molar-refractivity contribution in [1.29, 1.82) is 0 Å². The maximum absolute atomic E-state index is 13.2. The van der Waals surface area contributed by atoms with E-state index in [0.29, 0.717) is 5.52 Å². The number of aromatic carboxylic acids is 1. The van der Waals surface area contributed by atoms with Crippen molar-refractivity contribution in [2.45, 2.75) is 0 Å². The summed E-state index contributed by atoms with van der Waals surface area (Å²) in [6.07, 6.45) is 1.70. The Morgan fingerprint density at radius 3 is 2.86 bits per heavy atom. The van der Waals surface area contributed by atoms with Gasteiger partial charge in [-0.2, -0.15) is 0 Å². The fraction of sp³-hybridized carbons (Fsp3) is 0. The molecule has 0 aliphatic carbocycles. The van der Waals surface area contributed by atoms with Crippen LogP contribution in [0.2, 0.25) is 0 Å². The van der Waals surface area contributed by atoms with Crippen LogP contribution in [0, 0.1) is 9.39 Å². The molecule has 0 spiro atoms. The second kappa shape index (κ2) is 3.23. The summed E-state index contributed by atoms with van der Waals surface area (Å²) < 4.78 is 14.1. The lowest BCUT2D eigenvalue weighted by Gasteiger charge is -1.97. The summed E-state index contributed by atoms with van der Waals surface area (Å²) in [6.45, 7) is 0. The largest absolute Gasteiger partial charge is 0.478 e. The van der Waals surface area contributed by atoms with Crippen LogP contribution in [0.15, 0.2) is 18.3 Å². The third-order valence-electron chi connectivity index (χ3n) is 1.95. The van der Waals surface area contributed by atoms with E-state index in [9.17, 15) is 9.18 Å². The molecule has 3 nitrogen and oxygen atoms in total. The predicted octanol–water partition coefficient (Wildman–Crippen LogP) is 2.61. The Labute approximate surface area is 92.1 Å². The molecule has 2 aromatic rings. The third kappa shape index (κ3) is 1.37. The molecule has 0 saturated carbocycles. The lowest BCUT2D eigenvalue weighted by atomic mass is 10.1. The third-order valence-corrected chi connectivity index (χ3v) is 2.84. The average molecular weight is 305 g/mol. The van der Waals surface area contributed by atoms with E-state index in [4.69, 9.17) is 5.11 Å². The van der Waals surface area contributed by atoms with Gasteiger partial charge in [0.1, 0.15) is 5.82 Å². The van der Waals surface area contributed by atoms with Gasteiger partial charge in [0.2, 0.25) is 0 Å². The van der Waals surface area contributed by atoms with Gasteiger partial charge >= 0.3 is 5.97 Å². The summed E-state index contributed by atoms with van der Waals surface area (Å²) in [6, 6.07) is 2.53. The molecule has 2 N–H and O–H groups in total. The SMILES string of the molecule is O=C(O)c1cc2c(I)c[nH]c2cc1F. The number of aromatic amines is 1. The second-order valence-electron chi connectivity index (χ2n) is 2.82. The van der Waals surface area contributed by atoms with Crippen LogP contribution in [0.5, 0.6) is 0 Å². The minimum absolute atomic E-state index is 0.296. The highest BCUT2D eigenvalue weighted by atomic mass is 127. The Balaban J connectivity index is 2.80. The molecule has 0 bridgehead atoms. The van der Waals surface area contributed by atoms with Gasteiger partial charge in [0.05, 0.1) is 5.56 Å². The van der Waals surface area contributed by atoms with Crippen molar-refractivity contribution < 1.29 is 14.3 Å². The monoisotopic (exact) mass is 305 g/mol. The maximum atomic E-state index is 13.2. The molecule has 72 valence electrons. The van der Waals surface area contributed by atoms with Crippen molar-refractivity contribution in [2.24, 2.45) is 0 Å². The van der Waals surface area contributed by atoms with Crippen LogP contribution < -0.4 is 0 Å². The quantitative estimate of drug-likeness (QED) is 0.796. The van der Waals surface area contributed by atoms with Crippen LogP contribution in [0.3, 0.4) is 0 Å². The van der Waals surface area contributed by atoms with Gasteiger partial charge < -0.3 is 10.1 Å². The highest BCUT2D eigenvalue weighted by Crippen LogP contribution is 2.23. The molecule has 0 fully saturated rings. The molecule has 2 rings (SSSR count). The normalized spacial score (nSPS) is 10.7. The molecule has 1 heterocycles. The number of nitrogens with one attached hydrogen (secondary N) is 1. The number of fused-ring (bicyclic) bond motifs is 1. The highest BCUT2D eigenvalue weighted by molar-refractivity contribution is 14.1.